The highest BCUT2D eigenvalue weighted by atomic mass is 16.7. The number of rotatable bonds is 3. The van der Waals surface area contributed by atoms with Crippen molar-refractivity contribution in [3.05, 3.63) is 120 Å². The summed E-state index contributed by atoms with van der Waals surface area (Å²) in [4.78, 5) is 4.33. The molecule has 1 fully saturated rings. The Kier molecular flexibility index (Phi) is 4.64. The fourth-order valence-electron chi connectivity index (χ4n) is 5.60. The van der Waals surface area contributed by atoms with E-state index in [2.05, 4.69) is 118 Å². The lowest BCUT2D eigenvalue weighted by Gasteiger charge is -2.33. The maximum Gasteiger partial charge on any atom is 0.495 e. The lowest BCUT2D eigenvalue weighted by atomic mass is 9.67. The standard InChI is InChI=1S/C30H28BNO2/c1-28(2)29(3,4)34-31(33-28)26-16-10-15-25-27(26)23-13-8-9-14-24(23)30(25,21-11-6-5-7-12-21)22-17-19-32-20-18-22/h5-20H,1-4H3. The molecule has 1 aliphatic carbocycles. The molecule has 6 rings (SSSR count). The van der Waals surface area contributed by atoms with Crippen LogP contribution >= 0.6 is 0 Å². The Morgan fingerprint density at radius 3 is 1.91 bits per heavy atom. The molecular formula is C30H28BNO2. The van der Waals surface area contributed by atoms with E-state index in [0.717, 1.165) is 5.46 Å². The second-order valence-corrected chi connectivity index (χ2v) is 10.3. The molecule has 0 bridgehead atoms. The van der Waals surface area contributed by atoms with Crippen molar-refractivity contribution in [2.24, 2.45) is 0 Å². The molecule has 1 aliphatic heterocycles. The van der Waals surface area contributed by atoms with E-state index >= 15 is 0 Å². The predicted molar refractivity (Wildman–Crippen MR) is 137 cm³/mol. The maximum atomic E-state index is 6.54. The molecule has 1 aromatic heterocycles. The molecule has 3 aromatic carbocycles. The fraction of sp³-hybridized carbons (Fsp3) is 0.233. The van der Waals surface area contributed by atoms with Crippen LogP contribution in [0.15, 0.2) is 97.3 Å². The number of hydrogen-bond donors (Lipinski definition) is 0. The van der Waals surface area contributed by atoms with Gasteiger partial charge in [-0.15, -0.1) is 0 Å². The minimum Gasteiger partial charge on any atom is -0.399 e. The molecule has 34 heavy (non-hydrogen) atoms. The van der Waals surface area contributed by atoms with E-state index in [4.69, 9.17) is 9.31 Å². The molecule has 4 aromatic rings. The summed E-state index contributed by atoms with van der Waals surface area (Å²) in [6.07, 6.45) is 3.78. The van der Waals surface area contributed by atoms with Crippen LogP contribution in [-0.4, -0.2) is 23.3 Å². The largest absolute Gasteiger partial charge is 0.495 e. The summed E-state index contributed by atoms with van der Waals surface area (Å²) < 4.78 is 13.1. The van der Waals surface area contributed by atoms with Gasteiger partial charge >= 0.3 is 7.12 Å². The van der Waals surface area contributed by atoms with Crippen molar-refractivity contribution < 1.29 is 9.31 Å². The molecule has 3 nitrogen and oxygen atoms in total. The van der Waals surface area contributed by atoms with Crippen molar-refractivity contribution in [2.45, 2.75) is 44.3 Å². The van der Waals surface area contributed by atoms with Crippen LogP contribution in [0.2, 0.25) is 0 Å². The molecule has 4 heteroatoms. The highest BCUT2D eigenvalue weighted by Gasteiger charge is 2.54. The molecule has 0 amide bonds. The second kappa shape index (κ2) is 7.40. The molecule has 0 N–H and O–H groups in total. The summed E-state index contributed by atoms with van der Waals surface area (Å²) in [5.74, 6) is 0. The molecule has 1 atom stereocenters. The highest BCUT2D eigenvalue weighted by Crippen LogP contribution is 2.55. The first-order chi connectivity index (χ1) is 16.4. The Balaban J connectivity index is 1.68. The van der Waals surface area contributed by atoms with Crippen molar-refractivity contribution in [3.63, 3.8) is 0 Å². The van der Waals surface area contributed by atoms with E-state index < -0.39 is 23.7 Å². The maximum absolute atomic E-state index is 6.54. The molecular weight excluding hydrogens is 417 g/mol. The number of pyridine rings is 1. The number of nitrogens with zero attached hydrogens (tertiary/aromatic N) is 1. The van der Waals surface area contributed by atoms with Gasteiger partial charge in [0.2, 0.25) is 0 Å². The Bertz CT molecular complexity index is 1310. The molecule has 1 saturated heterocycles. The van der Waals surface area contributed by atoms with Crippen LogP contribution in [0.4, 0.5) is 0 Å². The third kappa shape index (κ3) is 2.82. The monoisotopic (exact) mass is 445 g/mol. The Morgan fingerprint density at radius 2 is 1.21 bits per heavy atom. The van der Waals surface area contributed by atoms with Gasteiger partial charge in [0.05, 0.1) is 16.6 Å². The third-order valence-corrected chi connectivity index (χ3v) is 7.93. The van der Waals surface area contributed by atoms with E-state index in [1.807, 2.05) is 12.4 Å². The van der Waals surface area contributed by atoms with Crippen LogP contribution in [0.3, 0.4) is 0 Å². The van der Waals surface area contributed by atoms with E-state index in [1.54, 1.807) is 0 Å². The first-order valence-electron chi connectivity index (χ1n) is 11.9. The summed E-state index contributed by atoms with van der Waals surface area (Å²) >= 11 is 0. The van der Waals surface area contributed by atoms with Gasteiger partial charge in [0.15, 0.2) is 0 Å². The van der Waals surface area contributed by atoms with Gasteiger partial charge in [0, 0.05) is 12.4 Å². The average Bonchev–Trinajstić information content (AvgIpc) is 3.27. The molecule has 0 saturated carbocycles. The van der Waals surface area contributed by atoms with Crippen molar-refractivity contribution >= 4 is 12.6 Å². The lowest BCUT2D eigenvalue weighted by Crippen LogP contribution is -2.41. The van der Waals surface area contributed by atoms with Crippen LogP contribution in [0.1, 0.15) is 49.9 Å². The molecule has 0 spiro atoms. The smallest absolute Gasteiger partial charge is 0.399 e. The average molecular weight is 445 g/mol. The Morgan fingerprint density at radius 1 is 0.618 bits per heavy atom. The Hall–Kier alpha value is -3.21. The Labute approximate surface area is 201 Å². The first-order valence-corrected chi connectivity index (χ1v) is 11.9. The van der Waals surface area contributed by atoms with E-state index in [-0.39, 0.29) is 0 Å². The van der Waals surface area contributed by atoms with Gasteiger partial charge in [-0.2, -0.15) is 0 Å². The van der Waals surface area contributed by atoms with Gasteiger partial charge in [-0.3, -0.25) is 4.98 Å². The van der Waals surface area contributed by atoms with Gasteiger partial charge < -0.3 is 9.31 Å². The zero-order valence-electron chi connectivity index (χ0n) is 20.1. The molecule has 168 valence electrons. The van der Waals surface area contributed by atoms with Crippen molar-refractivity contribution in [3.8, 4) is 11.1 Å². The summed E-state index contributed by atoms with van der Waals surface area (Å²) in [6.45, 7) is 8.43. The molecule has 2 aliphatic rings. The zero-order chi connectivity index (χ0) is 23.6. The van der Waals surface area contributed by atoms with Crippen molar-refractivity contribution in [1.82, 2.24) is 4.98 Å². The van der Waals surface area contributed by atoms with Gasteiger partial charge in [-0.1, -0.05) is 72.8 Å². The number of fused-ring (bicyclic) bond motifs is 3. The summed E-state index contributed by atoms with van der Waals surface area (Å²) in [5, 5.41) is 0. The summed E-state index contributed by atoms with van der Waals surface area (Å²) in [6, 6.07) is 30.4. The number of hydrogen-bond acceptors (Lipinski definition) is 3. The lowest BCUT2D eigenvalue weighted by molar-refractivity contribution is 0.00578. The van der Waals surface area contributed by atoms with Crippen LogP contribution < -0.4 is 5.46 Å². The van der Waals surface area contributed by atoms with E-state index in [0.29, 0.717) is 0 Å². The van der Waals surface area contributed by atoms with Crippen molar-refractivity contribution in [1.29, 1.82) is 0 Å². The van der Waals surface area contributed by atoms with Gasteiger partial charge in [0.1, 0.15) is 0 Å². The molecule has 2 heterocycles. The number of benzene rings is 3. The van der Waals surface area contributed by atoms with Crippen LogP contribution in [0.25, 0.3) is 11.1 Å². The summed E-state index contributed by atoms with van der Waals surface area (Å²) in [5.41, 5.74) is 7.21. The van der Waals surface area contributed by atoms with Crippen LogP contribution in [0.5, 0.6) is 0 Å². The van der Waals surface area contributed by atoms with Gasteiger partial charge in [-0.05, 0) is 78.7 Å². The van der Waals surface area contributed by atoms with Gasteiger partial charge in [-0.25, -0.2) is 0 Å². The molecule has 0 radical (unpaired) electrons. The predicted octanol–water partition coefficient (Wildman–Crippen LogP) is 5.74. The number of aromatic nitrogens is 1. The van der Waals surface area contributed by atoms with Crippen LogP contribution in [-0.2, 0) is 14.7 Å². The SMILES string of the molecule is CC1(C)OB(c2cccc3c2-c2ccccc2C3(c2ccccc2)c2ccncc2)OC1(C)C. The molecule has 1 unspecified atom stereocenters. The van der Waals surface area contributed by atoms with E-state index in [1.165, 1.54) is 33.4 Å². The van der Waals surface area contributed by atoms with E-state index in [9.17, 15) is 0 Å². The van der Waals surface area contributed by atoms with Crippen molar-refractivity contribution in [2.75, 3.05) is 0 Å². The second-order valence-electron chi connectivity index (χ2n) is 10.3. The first kappa shape index (κ1) is 21.3. The topological polar surface area (TPSA) is 31.4 Å². The minimum absolute atomic E-state index is 0.403. The fourth-order valence-corrected chi connectivity index (χ4v) is 5.60. The minimum atomic E-state index is -0.449. The zero-order valence-corrected chi connectivity index (χ0v) is 20.1. The highest BCUT2D eigenvalue weighted by molar-refractivity contribution is 6.64. The van der Waals surface area contributed by atoms with Crippen LogP contribution in [0, 0.1) is 0 Å². The normalized spacial score (nSPS) is 21.8. The quantitative estimate of drug-likeness (QED) is 0.332. The third-order valence-electron chi connectivity index (χ3n) is 7.93. The van der Waals surface area contributed by atoms with Gasteiger partial charge in [0.25, 0.3) is 0 Å². The summed E-state index contributed by atoms with van der Waals surface area (Å²) in [7, 11) is -0.433.